The highest BCUT2D eigenvalue weighted by molar-refractivity contribution is 6.04. The van der Waals surface area contributed by atoms with Crippen LogP contribution in [0.2, 0.25) is 0 Å². The van der Waals surface area contributed by atoms with E-state index in [1.807, 2.05) is 6.92 Å². The van der Waals surface area contributed by atoms with Gasteiger partial charge in [-0.2, -0.15) is 0 Å². The molecule has 0 aliphatic rings. The van der Waals surface area contributed by atoms with E-state index in [1.165, 1.54) is 6.07 Å². The average molecular weight is 228 g/mol. The van der Waals surface area contributed by atoms with Crippen LogP contribution in [0.25, 0.3) is 0 Å². The lowest BCUT2D eigenvalue weighted by Gasteiger charge is -2.08. The first kappa shape index (κ1) is 11.1. The van der Waals surface area contributed by atoms with Gasteiger partial charge in [0, 0.05) is 23.6 Å². The number of aromatic hydroxyl groups is 1. The van der Waals surface area contributed by atoms with Crippen LogP contribution in [-0.2, 0) is 0 Å². The van der Waals surface area contributed by atoms with E-state index in [2.05, 4.69) is 10.3 Å². The van der Waals surface area contributed by atoms with Crippen LogP contribution >= 0.6 is 0 Å². The molecule has 86 valence electrons. The minimum absolute atomic E-state index is 0.185. The molecule has 0 saturated heterocycles. The molecule has 0 spiro atoms. The Balaban J connectivity index is 2.19. The Morgan fingerprint density at radius 3 is 2.59 bits per heavy atom. The minimum atomic E-state index is -0.193. The number of carbonyl (C=O) groups is 1. The Labute approximate surface area is 98.9 Å². The van der Waals surface area contributed by atoms with E-state index in [1.54, 1.807) is 36.7 Å². The van der Waals surface area contributed by atoms with Crippen molar-refractivity contribution >= 4 is 11.6 Å². The number of nitrogens with one attached hydrogen (secondary N) is 1. The molecule has 0 bridgehead atoms. The monoisotopic (exact) mass is 228 g/mol. The Bertz CT molecular complexity index is 538. The van der Waals surface area contributed by atoms with Crippen LogP contribution in [0.15, 0.2) is 42.7 Å². The SMILES string of the molecule is Cc1cc(O)ccc1NC(=O)c1ccncc1. The number of aryl methyl sites for hydroxylation is 1. The first-order valence-electron chi connectivity index (χ1n) is 5.18. The standard InChI is InChI=1S/C13H12N2O2/c1-9-8-11(16)2-3-12(9)15-13(17)10-4-6-14-7-5-10/h2-8,16H,1H3,(H,15,17). The minimum Gasteiger partial charge on any atom is -0.508 e. The molecule has 1 amide bonds. The second-order valence-electron chi connectivity index (χ2n) is 3.69. The van der Waals surface area contributed by atoms with Crippen molar-refractivity contribution in [1.29, 1.82) is 0 Å². The number of anilines is 1. The number of amides is 1. The van der Waals surface area contributed by atoms with Gasteiger partial charge in [-0.25, -0.2) is 0 Å². The zero-order valence-electron chi connectivity index (χ0n) is 9.34. The van der Waals surface area contributed by atoms with Gasteiger partial charge in [0.05, 0.1) is 0 Å². The number of phenols is 1. The van der Waals surface area contributed by atoms with E-state index in [-0.39, 0.29) is 11.7 Å². The van der Waals surface area contributed by atoms with Crippen molar-refractivity contribution < 1.29 is 9.90 Å². The highest BCUT2D eigenvalue weighted by Crippen LogP contribution is 2.20. The summed E-state index contributed by atoms with van der Waals surface area (Å²) in [5, 5.41) is 12.0. The van der Waals surface area contributed by atoms with E-state index in [0.717, 1.165) is 5.56 Å². The highest BCUT2D eigenvalue weighted by atomic mass is 16.3. The largest absolute Gasteiger partial charge is 0.508 e. The zero-order chi connectivity index (χ0) is 12.3. The van der Waals surface area contributed by atoms with Gasteiger partial charge in [0.25, 0.3) is 5.91 Å². The number of phenolic OH excluding ortho intramolecular Hbond substituents is 1. The summed E-state index contributed by atoms with van der Waals surface area (Å²) in [5.74, 6) is -0.00870. The summed E-state index contributed by atoms with van der Waals surface area (Å²) in [4.78, 5) is 15.7. The Morgan fingerprint density at radius 2 is 1.94 bits per heavy atom. The highest BCUT2D eigenvalue weighted by Gasteiger charge is 2.07. The van der Waals surface area contributed by atoms with Crippen LogP contribution < -0.4 is 5.32 Å². The summed E-state index contributed by atoms with van der Waals surface area (Å²) in [7, 11) is 0. The van der Waals surface area contributed by atoms with E-state index in [4.69, 9.17) is 0 Å². The molecule has 0 radical (unpaired) electrons. The molecule has 1 aromatic carbocycles. The van der Waals surface area contributed by atoms with Gasteiger partial charge in [-0.1, -0.05) is 0 Å². The van der Waals surface area contributed by atoms with Crippen molar-refractivity contribution in [3.63, 3.8) is 0 Å². The maximum Gasteiger partial charge on any atom is 0.255 e. The van der Waals surface area contributed by atoms with Gasteiger partial charge in [0.15, 0.2) is 0 Å². The van der Waals surface area contributed by atoms with Gasteiger partial charge < -0.3 is 10.4 Å². The van der Waals surface area contributed by atoms with Crippen LogP contribution in [-0.4, -0.2) is 16.0 Å². The molecule has 0 fully saturated rings. The van der Waals surface area contributed by atoms with Crippen molar-refractivity contribution in [3.05, 3.63) is 53.9 Å². The molecule has 2 N–H and O–H groups in total. The van der Waals surface area contributed by atoms with Crippen LogP contribution in [0, 0.1) is 6.92 Å². The molecule has 0 saturated carbocycles. The molecule has 1 aromatic heterocycles. The Morgan fingerprint density at radius 1 is 1.24 bits per heavy atom. The van der Waals surface area contributed by atoms with Gasteiger partial charge in [0.2, 0.25) is 0 Å². The fraction of sp³-hybridized carbons (Fsp3) is 0.0769. The number of hydrogen-bond acceptors (Lipinski definition) is 3. The van der Waals surface area contributed by atoms with Crippen LogP contribution in [0.5, 0.6) is 5.75 Å². The molecule has 0 aliphatic heterocycles. The Hall–Kier alpha value is -2.36. The van der Waals surface area contributed by atoms with Gasteiger partial charge in [-0.3, -0.25) is 9.78 Å². The van der Waals surface area contributed by atoms with Crippen molar-refractivity contribution in [1.82, 2.24) is 4.98 Å². The third-order valence-electron chi connectivity index (χ3n) is 2.40. The van der Waals surface area contributed by atoms with E-state index in [0.29, 0.717) is 11.3 Å². The number of hydrogen-bond donors (Lipinski definition) is 2. The van der Waals surface area contributed by atoms with E-state index >= 15 is 0 Å². The van der Waals surface area contributed by atoms with Gasteiger partial charge >= 0.3 is 0 Å². The van der Waals surface area contributed by atoms with Gasteiger partial charge in [-0.05, 0) is 42.8 Å². The number of benzene rings is 1. The average Bonchev–Trinajstić information content (AvgIpc) is 2.34. The number of carbonyl (C=O) groups excluding carboxylic acids is 1. The topological polar surface area (TPSA) is 62.2 Å². The van der Waals surface area contributed by atoms with Gasteiger partial charge in [0.1, 0.15) is 5.75 Å². The number of pyridine rings is 1. The van der Waals surface area contributed by atoms with Crippen molar-refractivity contribution in [2.45, 2.75) is 6.92 Å². The van der Waals surface area contributed by atoms with Crippen molar-refractivity contribution in [2.24, 2.45) is 0 Å². The molecule has 17 heavy (non-hydrogen) atoms. The first-order valence-corrected chi connectivity index (χ1v) is 5.18. The third kappa shape index (κ3) is 2.60. The normalized spacial score (nSPS) is 9.94. The maximum atomic E-state index is 11.8. The lowest BCUT2D eigenvalue weighted by Crippen LogP contribution is -2.12. The second kappa shape index (κ2) is 4.65. The lowest BCUT2D eigenvalue weighted by molar-refractivity contribution is 0.102. The Kier molecular flexibility index (Phi) is 3.05. The van der Waals surface area contributed by atoms with Crippen LogP contribution in [0.1, 0.15) is 15.9 Å². The molecule has 2 aromatic rings. The predicted octanol–water partition coefficient (Wildman–Crippen LogP) is 2.35. The maximum absolute atomic E-state index is 11.8. The van der Waals surface area contributed by atoms with E-state index < -0.39 is 0 Å². The summed E-state index contributed by atoms with van der Waals surface area (Å²) >= 11 is 0. The first-order chi connectivity index (χ1) is 8.16. The predicted molar refractivity (Wildman–Crippen MR) is 65.0 cm³/mol. The fourth-order valence-corrected chi connectivity index (χ4v) is 1.49. The smallest absolute Gasteiger partial charge is 0.255 e. The number of nitrogens with zero attached hydrogens (tertiary/aromatic N) is 1. The van der Waals surface area contributed by atoms with E-state index in [9.17, 15) is 9.90 Å². The molecule has 4 heteroatoms. The molecule has 0 atom stereocenters. The third-order valence-corrected chi connectivity index (χ3v) is 2.40. The van der Waals surface area contributed by atoms with Gasteiger partial charge in [-0.15, -0.1) is 0 Å². The lowest BCUT2D eigenvalue weighted by atomic mass is 10.1. The quantitative estimate of drug-likeness (QED) is 0.775. The molecular formula is C13H12N2O2. The summed E-state index contributed by atoms with van der Waals surface area (Å²) in [5.41, 5.74) is 2.05. The fourth-order valence-electron chi connectivity index (χ4n) is 1.49. The summed E-state index contributed by atoms with van der Waals surface area (Å²) < 4.78 is 0. The molecule has 4 nitrogen and oxygen atoms in total. The zero-order valence-corrected chi connectivity index (χ0v) is 9.34. The number of aromatic nitrogens is 1. The summed E-state index contributed by atoms with van der Waals surface area (Å²) in [6.07, 6.45) is 3.14. The molecule has 0 aliphatic carbocycles. The van der Waals surface area contributed by atoms with Crippen LogP contribution in [0.4, 0.5) is 5.69 Å². The summed E-state index contributed by atoms with van der Waals surface area (Å²) in [6, 6.07) is 8.09. The van der Waals surface area contributed by atoms with Crippen molar-refractivity contribution in [3.8, 4) is 5.75 Å². The molecule has 1 heterocycles. The van der Waals surface area contributed by atoms with Crippen LogP contribution in [0.3, 0.4) is 0 Å². The molecule has 2 rings (SSSR count). The summed E-state index contributed by atoms with van der Waals surface area (Å²) in [6.45, 7) is 1.82. The number of rotatable bonds is 2. The van der Waals surface area contributed by atoms with Crippen molar-refractivity contribution in [2.75, 3.05) is 5.32 Å². The second-order valence-corrected chi connectivity index (χ2v) is 3.69. The molecule has 0 unspecified atom stereocenters. The molecular weight excluding hydrogens is 216 g/mol.